The summed E-state index contributed by atoms with van der Waals surface area (Å²) in [4.78, 5) is 2.14. The van der Waals surface area contributed by atoms with Gasteiger partial charge in [0.1, 0.15) is 18.5 Å². The monoisotopic (exact) mass is 482 g/mol. The molecule has 0 aliphatic carbocycles. The number of nitrogens with zero attached hydrogens (tertiary/aromatic N) is 1. The van der Waals surface area contributed by atoms with Crippen molar-refractivity contribution >= 4 is 11.4 Å². The Morgan fingerprint density at radius 2 is 1.28 bits per heavy atom. The Morgan fingerprint density at radius 3 is 1.92 bits per heavy atom. The summed E-state index contributed by atoms with van der Waals surface area (Å²) in [6.07, 6.45) is -0.0262. The Bertz CT molecular complexity index is 1140. The number of para-hydroxylation sites is 2. The zero-order valence-electron chi connectivity index (χ0n) is 20.4. The van der Waals surface area contributed by atoms with Crippen molar-refractivity contribution in [2.75, 3.05) is 25.1 Å². The summed E-state index contributed by atoms with van der Waals surface area (Å²) in [6.45, 7) is 1.19. The molecule has 0 heterocycles. The Labute approximate surface area is 213 Å². The molecular formula is C31H34N2O3. The van der Waals surface area contributed by atoms with Gasteiger partial charge in [-0.25, -0.2) is 0 Å². The van der Waals surface area contributed by atoms with Gasteiger partial charge in [-0.1, -0.05) is 78.9 Å². The fourth-order valence-corrected chi connectivity index (χ4v) is 4.19. The topological polar surface area (TPSA) is 65.0 Å². The Morgan fingerprint density at radius 1 is 0.694 bits per heavy atom. The number of hydrogen-bond donors (Lipinski definition) is 3. The lowest BCUT2D eigenvalue weighted by Gasteiger charge is -2.32. The van der Waals surface area contributed by atoms with Crippen LogP contribution in [0.15, 0.2) is 115 Å². The van der Waals surface area contributed by atoms with Gasteiger partial charge >= 0.3 is 0 Å². The van der Waals surface area contributed by atoms with Crippen LogP contribution in [0.3, 0.4) is 0 Å². The maximum Gasteiger partial charge on any atom is 0.119 e. The molecule has 2 atom stereocenters. The van der Waals surface area contributed by atoms with Gasteiger partial charge in [0, 0.05) is 30.5 Å². The van der Waals surface area contributed by atoms with Gasteiger partial charge in [0.05, 0.1) is 6.61 Å². The van der Waals surface area contributed by atoms with Crippen molar-refractivity contribution in [1.29, 1.82) is 0 Å². The van der Waals surface area contributed by atoms with E-state index < -0.39 is 6.10 Å². The summed E-state index contributed by atoms with van der Waals surface area (Å²) >= 11 is 0. The third-order valence-electron chi connectivity index (χ3n) is 6.07. The Kier molecular flexibility index (Phi) is 9.51. The molecule has 0 spiro atoms. The van der Waals surface area contributed by atoms with Crippen LogP contribution in [0.2, 0.25) is 0 Å². The summed E-state index contributed by atoms with van der Waals surface area (Å²) < 4.78 is 5.77. The van der Waals surface area contributed by atoms with Gasteiger partial charge in [-0.15, -0.1) is 0 Å². The standard InChI is InChI=1S/C31H34N2O3/c34-23-29(20-25-16-18-28(19-17-25)32-27-12-6-2-7-13-27)33(21-26-10-4-1-5-11-26)22-30(35)24-36-31-14-8-3-9-15-31/h1-19,29-30,32,34-35H,20-24H2/t29-,30-/m0/s1. The third kappa shape index (κ3) is 7.95. The van der Waals surface area contributed by atoms with Gasteiger partial charge in [-0.3, -0.25) is 4.90 Å². The maximum absolute atomic E-state index is 10.8. The van der Waals surface area contributed by atoms with E-state index in [1.807, 2.05) is 78.9 Å². The molecule has 0 unspecified atom stereocenters. The van der Waals surface area contributed by atoms with Crippen molar-refractivity contribution in [2.45, 2.75) is 25.1 Å². The molecule has 3 N–H and O–H groups in total. The lowest BCUT2D eigenvalue weighted by atomic mass is 10.0. The second kappa shape index (κ2) is 13.4. The van der Waals surface area contributed by atoms with E-state index in [1.165, 1.54) is 0 Å². The highest BCUT2D eigenvalue weighted by atomic mass is 16.5. The van der Waals surface area contributed by atoms with Crippen molar-refractivity contribution < 1.29 is 14.9 Å². The molecule has 0 saturated carbocycles. The molecule has 0 fully saturated rings. The molecule has 5 nitrogen and oxygen atoms in total. The molecule has 4 aromatic rings. The number of nitrogens with one attached hydrogen (secondary N) is 1. The highest BCUT2D eigenvalue weighted by Crippen LogP contribution is 2.19. The average molecular weight is 483 g/mol. The molecule has 0 aliphatic heterocycles. The molecule has 0 aromatic heterocycles. The van der Waals surface area contributed by atoms with Crippen LogP contribution in [0.5, 0.6) is 5.75 Å². The summed E-state index contributed by atoms with van der Waals surface area (Å²) in [5, 5.41) is 24.5. The predicted octanol–water partition coefficient (Wildman–Crippen LogP) is 5.28. The number of rotatable bonds is 13. The van der Waals surface area contributed by atoms with Crippen LogP contribution in [0.25, 0.3) is 0 Å². The number of ether oxygens (including phenoxy) is 1. The SMILES string of the molecule is OC[C@H](Cc1ccc(Nc2ccccc2)cc1)N(Cc1ccccc1)C[C@H](O)COc1ccccc1. The van der Waals surface area contributed by atoms with E-state index in [1.54, 1.807) is 0 Å². The molecule has 36 heavy (non-hydrogen) atoms. The molecule has 186 valence electrons. The van der Waals surface area contributed by atoms with E-state index in [0.29, 0.717) is 19.5 Å². The fourth-order valence-electron chi connectivity index (χ4n) is 4.19. The quantitative estimate of drug-likeness (QED) is 0.242. The molecule has 4 aromatic carbocycles. The van der Waals surface area contributed by atoms with Crippen molar-refractivity contribution in [3.8, 4) is 5.75 Å². The summed E-state index contributed by atoms with van der Waals surface area (Å²) in [7, 11) is 0. The minimum atomic E-state index is -0.694. The van der Waals surface area contributed by atoms with Gasteiger partial charge in [0.2, 0.25) is 0 Å². The van der Waals surface area contributed by atoms with Gasteiger partial charge in [-0.2, -0.15) is 0 Å². The molecule has 4 rings (SSSR count). The van der Waals surface area contributed by atoms with Gasteiger partial charge in [0.15, 0.2) is 0 Å². The largest absolute Gasteiger partial charge is 0.491 e. The fraction of sp³-hybridized carbons (Fsp3) is 0.226. The zero-order chi connectivity index (χ0) is 25.0. The predicted molar refractivity (Wildman–Crippen MR) is 146 cm³/mol. The van der Waals surface area contributed by atoms with Crippen LogP contribution >= 0.6 is 0 Å². The van der Waals surface area contributed by atoms with Crippen LogP contribution in [0.4, 0.5) is 11.4 Å². The third-order valence-corrected chi connectivity index (χ3v) is 6.07. The molecule has 0 aliphatic rings. The Balaban J connectivity index is 1.41. The first kappa shape index (κ1) is 25.5. The lowest BCUT2D eigenvalue weighted by Crippen LogP contribution is -2.44. The number of aliphatic hydroxyl groups excluding tert-OH is 2. The molecule has 5 heteroatoms. The lowest BCUT2D eigenvalue weighted by molar-refractivity contribution is 0.0335. The first-order valence-corrected chi connectivity index (χ1v) is 12.4. The van der Waals surface area contributed by atoms with E-state index in [-0.39, 0.29) is 19.3 Å². The first-order valence-electron chi connectivity index (χ1n) is 12.4. The first-order chi connectivity index (χ1) is 17.7. The van der Waals surface area contributed by atoms with Crippen LogP contribution in [0.1, 0.15) is 11.1 Å². The van der Waals surface area contributed by atoms with Crippen molar-refractivity contribution in [2.24, 2.45) is 0 Å². The zero-order valence-corrected chi connectivity index (χ0v) is 20.4. The maximum atomic E-state index is 10.8. The number of hydrogen-bond acceptors (Lipinski definition) is 5. The van der Waals surface area contributed by atoms with Crippen LogP contribution in [0, 0.1) is 0 Å². The van der Waals surface area contributed by atoms with Crippen LogP contribution in [-0.2, 0) is 13.0 Å². The van der Waals surface area contributed by atoms with E-state index in [4.69, 9.17) is 4.74 Å². The van der Waals surface area contributed by atoms with E-state index in [2.05, 4.69) is 46.6 Å². The summed E-state index contributed by atoms with van der Waals surface area (Å²) in [5.74, 6) is 0.731. The average Bonchev–Trinajstić information content (AvgIpc) is 2.93. The highest BCUT2D eigenvalue weighted by molar-refractivity contribution is 5.59. The molecule has 0 saturated heterocycles. The van der Waals surface area contributed by atoms with Gasteiger partial charge in [0.25, 0.3) is 0 Å². The van der Waals surface area contributed by atoms with Gasteiger partial charge in [-0.05, 0) is 53.9 Å². The minimum absolute atomic E-state index is 0.0108. The molecular weight excluding hydrogens is 448 g/mol. The normalized spacial score (nSPS) is 12.8. The summed E-state index contributed by atoms with van der Waals surface area (Å²) in [5.41, 5.74) is 4.31. The van der Waals surface area contributed by atoms with Crippen LogP contribution < -0.4 is 10.1 Å². The Hall–Kier alpha value is -3.64. The molecule has 0 radical (unpaired) electrons. The van der Waals surface area contributed by atoms with Crippen molar-refractivity contribution in [3.63, 3.8) is 0 Å². The van der Waals surface area contributed by atoms with Gasteiger partial charge < -0.3 is 20.3 Å². The van der Waals surface area contributed by atoms with Crippen LogP contribution in [-0.4, -0.2) is 47.0 Å². The highest BCUT2D eigenvalue weighted by Gasteiger charge is 2.22. The van der Waals surface area contributed by atoms with Crippen molar-refractivity contribution in [1.82, 2.24) is 4.90 Å². The van der Waals surface area contributed by atoms with Crippen molar-refractivity contribution in [3.05, 3.63) is 126 Å². The minimum Gasteiger partial charge on any atom is -0.491 e. The van der Waals surface area contributed by atoms with E-state index >= 15 is 0 Å². The van der Waals surface area contributed by atoms with E-state index in [0.717, 1.165) is 28.3 Å². The second-order valence-corrected chi connectivity index (χ2v) is 8.92. The molecule has 0 amide bonds. The number of anilines is 2. The number of benzene rings is 4. The molecule has 0 bridgehead atoms. The van der Waals surface area contributed by atoms with E-state index in [9.17, 15) is 10.2 Å². The number of aliphatic hydroxyl groups is 2. The smallest absolute Gasteiger partial charge is 0.119 e. The second-order valence-electron chi connectivity index (χ2n) is 8.92. The summed E-state index contributed by atoms with van der Waals surface area (Å²) in [6, 6.07) is 37.8.